The van der Waals surface area contributed by atoms with Crippen LogP contribution in [-0.4, -0.2) is 23.1 Å². The van der Waals surface area contributed by atoms with E-state index in [0.717, 1.165) is 32.1 Å². The van der Waals surface area contributed by atoms with Crippen molar-refractivity contribution in [2.45, 2.75) is 77.4 Å². The van der Waals surface area contributed by atoms with Gasteiger partial charge in [0.2, 0.25) is 0 Å². The van der Waals surface area contributed by atoms with Gasteiger partial charge in [0, 0.05) is 17.6 Å². The fourth-order valence-electron chi connectivity index (χ4n) is 6.26. The van der Waals surface area contributed by atoms with Crippen molar-refractivity contribution in [3.63, 3.8) is 0 Å². The Morgan fingerprint density at radius 2 is 1.04 bits per heavy atom. The quantitative estimate of drug-likeness (QED) is 0.574. The number of carbonyl (C=O) groups excluding carboxylic acids is 2. The Labute approximate surface area is 144 Å². The van der Waals surface area contributed by atoms with Gasteiger partial charge in [-0.25, -0.2) is 9.59 Å². The lowest BCUT2D eigenvalue weighted by Crippen LogP contribution is -2.67. The maximum atomic E-state index is 12.2. The predicted octanol–water partition coefficient (Wildman–Crippen LogP) is 4.10. The summed E-state index contributed by atoms with van der Waals surface area (Å²) in [6.07, 6.45) is 5.01. The lowest BCUT2D eigenvalue weighted by atomic mass is 9.42. The molecule has 4 rings (SSSR count). The maximum absolute atomic E-state index is 12.2. The minimum atomic E-state index is -0.552. The van der Waals surface area contributed by atoms with Crippen LogP contribution in [0.5, 0.6) is 0 Å². The molecule has 4 saturated carbocycles. The number of hydrogen-bond acceptors (Lipinski definition) is 4. The van der Waals surface area contributed by atoms with Crippen molar-refractivity contribution < 1.29 is 19.1 Å². The molecule has 4 nitrogen and oxygen atoms in total. The smallest absolute Gasteiger partial charge is 0.333 e. The summed E-state index contributed by atoms with van der Waals surface area (Å²) in [5, 5.41) is 0. The Hall–Kier alpha value is -1.58. The molecule has 0 aromatic heterocycles. The van der Waals surface area contributed by atoms with E-state index in [0.29, 0.717) is 17.6 Å². The molecule has 0 unspecified atom stereocenters. The largest absolute Gasteiger partial charge is 0.456 e. The van der Waals surface area contributed by atoms with Gasteiger partial charge in [0.05, 0.1) is 0 Å². The van der Waals surface area contributed by atoms with Gasteiger partial charge in [0.25, 0.3) is 0 Å². The van der Waals surface area contributed by atoms with Crippen LogP contribution in [-0.2, 0) is 19.1 Å². The first-order chi connectivity index (χ1) is 10.9. The Morgan fingerprint density at radius 3 is 1.33 bits per heavy atom. The van der Waals surface area contributed by atoms with E-state index in [9.17, 15) is 9.59 Å². The van der Waals surface area contributed by atoms with E-state index in [2.05, 4.69) is 27.0 Å². The highest BCUT2D eigenvalue weighted by Gasteiger charge is 2.68. The van der Waals surface area contributed by atoms with Crippen LogP contribution >= 0.6 is 0 Å². The normalized spacial score (nSPS) is 42.5. The van der Waals surface area contributed by atoms with Gasteiger partial charge in [-0.1, -0.05) is 27.0 Å². The Kier molecular flexibility index (Phi) is 3.57. The number of rotatable bonds is 4. The molecule has 0 N–H and O–H groups in total. The molecule has 0 heterocycles. The van der Waals surface area contributed by atoms with Crippen LogP contribution in [0.3, 0.4) is 0 Å². The first kappa shape index (κ1) is 17.2. The summed E-state index contributed by atoms with van der Waals surface area (Å²) in [7, 11) is 0. The molecule has 0 spiro atoms. The number of hydrogen-bond donors (Lipinski definition) is 0. The summed E-state index contributed by atoms with van der Waals surface area (Å²) in [5.41, 5.74) is -0.238. The standard InChI is InChI=1S/C20H28O4/c1-13(2)15(21)23-19-8-17(5)7-18(6,9-19)11-20(10-17,12-19)24-16(22)14(3)4/h1,3,7-12H2,2,4-6H3. The van der Waals surface area contributed by atoms with Crippen LogP contribution in [0.15, 0.2) is 24.3 Å². The van der Waals surface area contributed by atoms with Gasteiger partial charge in [-0.15, -0.1) is 0 Å². The van der Waals surface area contributed by atoms with Crippen molar-refractivity contribution in [1.29, 1.82) is 0 Å². The molecular formula is C20H28O4. The van der Waals surface area contributed by atoms with E-state index in [1.807, 2.05) is 0 Å². The third kappa shape index (κ3) is 2.80. The number of esters is 2. The molecule has 24 heavy (non-hydrogen) atoms. The molecule has 132 valence electrons. The second-order valence-electron chi connectivity index (χ2n) is 9.39. The third-order valence-electron chi connectivity index (χ3n) is 5.81. The van der Waals surface area contributed by atoms with Crippen LogP contribution < -0.4 is 0 Å². The molecule has 4 aliphatic rings. The average molecular weight is 332 g/mol. The minimum absolute atomic E-state index is 0.0220. The van der Waals surface area contributed by atoms with Crippen molar-refractivity contribution in [3.8, 4) is 0 Å². The number of carbonyl (C=O) groups is 2. The maximum Gasteiger partial charge on any atom is 0.333 e. The minimum Gasteiger partial charge on any atom is -0.456 e. The zero-order valence-corrected chi connectivity index (χ0v) is 15.3. The van der Waals surface area contributed by atoms with Crippen molar-refractivity contribution in [3.05, 3.63) is 24.3 Å². The second-order valence-corrected chi connectivity index (χ2v) is 9.39. The van der Waals surface area contributed by atoms with Crippen molar-refractivity contribution in [2.75, 3.05) is 0 Å². The van der Waals surface area contributed by atoms with Gasteiger partial charge in [-0.3, -0.25) is 0 Å². The Bertz CT molecular complexity index is 576. The fraction of sp³-hybridized carbons (Fsp3) is 0.700. The molecule has 0 aromatic carbocycles. The first-order valence-electron chi connectivity index (χ1n) is 8.67. The van der Waals surface area contributed by atoms with E-state index >= 15 is 0 Å². The molecule has 0 radical (unpaired) electrons. The lowest BCUT2D eigenvalue weighted by molar-refractivity contribution is -0.264. The lowest BCUT2D eigenvalue weighted by Gasteiger charge is -2.67. The molecule has 0 atom stereocenters. The highest BCUT2D eigenvalue weighted by molar-refractivity contribution is 5.88. The Balaban J connectivity index is 1.96. The SMILES string of the molecule is C=C(C)C(=O)OC12CC3(C)CC(C)(C1)CC(OC(=O)C(=C)C)(C3)C2. The van der Waals surface area contributed by atoms with E-state index in [4.69, 9.17) is 9.47 Å². The molecule has 0 amide bonds. The molecule has 0 saturated heterocycles. The van der Waals surface area contributed by atoms with E-state index in [1.165, 1.54) is 0 Å². The monoisotopic (exact) mass is 332 g/mol. The van der Waals surface area contributed by atoms with E-state index in [-0.39, 0.29) is 22.8 Å². The third-order valence-corrected chi connectivity index (χ3v) is 5.81. The summed E-state index contributed by atoms with van der Waals surface area (Å²) < 4.78 is 11.9. The summed E-state index contributed by atoms with van der Waals surface area (Å²) >= 11 is 0. The van der Waals surface area contributed by atoms with Gasteiger partial charge in [0.1, 0.15) is 11.2 Å². The summed E-state index contributed by atoms with van der Waals surface area (Å²) in [5.74, 6) is -0.684. The van der Waals surface area contributed by atoms with Gasteiger partial charge < -0.3 is 9.47 Å². The van der Waals surface area contributed by atoms with Crippen LogP contribution in [0, 0.1) is 10.8 Å². The average Bonchev–Trinajstić information content (AvgIpc) is 2.32. The van der Waals surface area contributed by atoms with E-state index < -0.39 is 11.2 Å². The van der Waals surface area contributed by atoms with Crippen LogP contribution in [0.2, 0.25) is 0 Å². The molecule has 4 heteroatoms. The van der Waals surface area contributed by atoms with Crippen molar-refractivity contribution in [2.24, 2.45) is 10.8 Å². The van der Waals surface area contributed by atoms with E-state index in [1.54, 1.807) is 13.8 Å². The molecular weight excluding hydrogens is 304 g/mol. The van der Waals surface area contributed by atoms with Gasteiger partial charge >= 0.3 is 11.9 Å². The van der Waals surface area contributed by atoms with Gasteiger partial charge in [-0.2, -0.15) is 0 Å². The highest BCUT2D eigenvalue weighted by Crippen LogP contribution is 2.69. The Morgan fingerprint density at radius 1 is 0.708 bits per heavy atom. The molecule has 4 bridgehead atoms. The van der Waals surface area contributed by atoms with Gasteiger partial charge in [0.15, 0.2) is 0 Å². The predicted molar refractivity (Wildman–Crippen MR) is 91.2 cm³/mol. The van der Waals surface area contributed by atoms with Crippen LogP contribution in [0.25, 0.3) is 0 Å². The summed E-state index contributed by atoms with van der Waals surface area (Å²) in [6, 6.07) is 0. The number of ether oxygens (including phenoxy) is 2. The molecule has 0 aromatic rings. The zero-order chi connectivity index (χ0) is 18.0. The first-order valence-corrected chi connectivity index (χ1v) is 8.67. The summed E-state index contributed by atoms with van der Waals surface area (Å²) in [6.45, 7) is 15.2. The molecule has 4 aliphatic carbocycles. The second kappa shape index (κ2) is 4.96. The van der Waals surface area contributed by atoms with Crippen LogP contribution in [0.1, 0.15) is 66.2 Å². The fourth-order valence-corrected chi connectivity index (χ4v) is 6.26. The molecule has 4 fully saturated rings. The van der Waals surface area contributed by atoms with Crippen molar-refractivity contribution in [1.82, 2.24) is 0 Å². The van der Waals surface area contributed by atoms with Crippen molar-refractivity contribution >= 4 is 11.9 Å². The van der Waals surface area contributed by atoms with Gasteiger partial charge in [-0.05, 0) is 56.8 Å². The topological polar surface area (TPSA) is 52.6 Å². The zero-order valence-electron chi connectivity index (χ0n) is 15.3. The highest BCUT2D eigenvalue weighted by atomic mass is 16.6. The summed E-state index contributed by atoms with van der Waals surface area (Å²) in [4.78, 5) is 24.5. The van der Waals surface area contributed by atoms with Crippen LogP contribution in [0.4, 0.5) is 0 Å². The molecule has 0 aliphatic heterocycles.